The number of hydrogen-bond donors (Lipinski definition) is 1. The van der Waals surface area contributed by atoms with Gasteiger partial charge in [0.15, 0.2) is 17.7 Å². The van der Waals surface area contributed by atoms with E-state index < -0.39 is 46.9 Å². The van der Waals surface area contributed by atoms with E-state index in [4.69, 9.17) is 16.3 Å². The summed E-state index contributed by atoms with van der Waals surface area (Å²) in [4.78, 5) is 50.6. The molecule has 0 heterocycles. The van der Waals surface area contributed by atoms with Crippen molar-refractivity contribution in [2.24, 2.45) is 0 Å². The molecule has 0 fully saturated rings. The molecule has 0 aliphatic heterocycles. The third-order valence-electron chi connectivity index (χ3n) is 5.09. The van der Waals surface area contributed by atoms with Crippen molar-refractivity contribution in [3.63, 3.8) is 0 Å². The summed E-state index contributed by atoms with van der Waals surface area (Å²) in [6.07, 6.45) is -1.41. The first-order valence-corrected chi connectivity index (χ1v) is 10.0. The summed E-state index contributed by atoms with van der Waals surface area (Å²) in [5, 5.41) is 1.85. The van der Waals surface area contributed by atoms with Crippen LogP contribution in [-0.4, -0.2) is 29.5 Å². The van der Waals surface area contributed by atoms with E-state index in [1.54, 1.807) is 12.1 Å². The minimum Gasteiger partial charge on any atom is -0.449 e. The van der Waals surface area contributed by atoms with E-state index in [1.165, 1.54) is 31.2 Å². The second kappa shape index (κ2) is 8.55. The number of rotatable bonds is 4. The van der Waals surface area contributed by atoms with Crippen molar-refractivity contribution < 1.29 is 32.7 Å². The molecule has 0 aromatic heterocycles. The Bertz CT molecular complexity index is 1350. The number of ketones is 2. The number of anilines is 1. The van der Waals surface area contributed by atoms with Crippen LogP contribution in [0.1, 0.15) is 49.1 Å². The molecule has 3 aromatic rings. The average Bonchev–Trinajstić information content (AvgIpc) is 2.79. The number of fused-ring (bicyclic) bond motifs is 2. The quantitative estimate of drug-likeness (QED) is 0.442. The van der Waals surface area contributed by atoms with Crippen LogP contribution in [0.3, 0.4) is 0 Å². The lowest BCUT2D eigenvalue weighted by atomic mass is 9.83. The molecule has 9 heteroatoms. The molecule has 0 bridgehead atoms. The maximum atomic E-state index is 13.7. The average molecular weight is 470 g/mol. The fourth-order valence-corrected chi connectivity index (χ4v) is 3.74. The number of carbonyl (C=O) groups is 4. The minimum absolute atomic E-state index is 0.0487. The second-order valence-corrected chi connectivity index (χ2v) is 7.59. The normalized spacial score (nSPS) is 13.1. The standard InChI is InChI=1S/C24H14ClF2NO5/c1-11(23(31)28-18-10-12(26)6-9-17(18)27)33-24(32)16-8-7-15-19(20(16)25)22(30)14-5-3-2-4-13(14)21(15)29/h2-11H,1H3,(H,28,31). The number of benzene rings is 3. The van der Waals surface area contributed by atoms with Crippen LogP contribution in [0.15, 0.2) is 54.6 Å². The SMILES string of the molecule is CC(OC(=O)c1ccc2c(c1Cl)C(=O)c1ccccc1C2=O)C(=O)Nc1cc(F)ccc1F. The smallest absolute Gasteiger partial charge is 0.340 e. The number of halogens is 3. The summed E-state index contributed by atoms with van der Waals surface area (Å²) in [5.41, 5.74) is -0.338. The predicted molar refractivity (Wildman–Crippen MR) is 115 cm³/mol. The van der Waals surface area contributed by atoms with Gasteiger partial charge >= 0.3 is 5.97 Å². The zero-order valence-electron chi connectivity index (χ0n) is 16.9. The minimum atomic E-state index is -1.41. The van der Waals surface area contributed by atoms with E-state index in [2.05, 4.69) is 5.32 Å². The number of hydrogen-bond acceptors (Lipinski definition) is 5. The van der Waals surface area contributed by atoms with Gasteiger partial charge in [-0.05, 0) is 31.2 Å². The Kier molecular flexibility index (Phi) is 5.78. The van der Waals surface area contributed by atoms with Crippen LogP contribution >= 0.6 is 11.6 Å². The molecule has 0 radical (unpaired) electrons. The van der Waals surface area contributed by atoms with Crippen LogP contribution in [0.5, 0.6) is 0 Å². The van der Waals surface area contributed by atoms with Gasteiger partial charge in [-0.25, -0.2) is 13.6 Å². The van der Waals surface area contributed by atoms with Gasteiger partial charge < -0.3 is 10.1 Å². The van der Waals surface area contributed by atoms with Crippen molar-refractivity contribution in [3.8, 4) is 0 Å². The van der Waals surface area contributed by atoms with Crippen molar-refractivity contribution >= 4 is 40.7 Å². The van der Waals surface area contributed by atoms with E-state index >= 15 is 0 Å². The summed E-state index contributed by atoms with van der Waals surface area (Å²) in [6, 6.07) is 11.3. The molecular weight excluding hydrogens is 456 g/mol. The maximum absolute atomic E-state index is 13.7. The van der Waals surface area contributed by atoms with Gasteiger partial charge in [-0.1, -0.05) is 35.9 Å². The van der Waals surface area contributed by atoms with Gasteiger partial charge in [0, 0.05) is 22.8 Å². The topological polar surface area (TPSA) is 89.5 Å². The predicted octanol–water partition coefficient (Wildman–Crippen LogP) is 4.58. The molecule has 1 aliphatic rings. The highest BCUT2D eigenvalue weighted by Crippen LogP contribution is 2.34. The molecule has 1 unspecified atom stereocenters. The third kappa shape index (κ3) is 4.01. The molecule has 6 nitrogen and oxygen atoms in total. The summed E-state index contributed by atoms with van der Waals surface area (Å²) in [7, 11) is 0. The molecule has 1 N–H and O–H groups in total. The molecule has 0 saturated heterocycles. The van der Waals surface area contributed by atoms with Crippen molar-refractivity contribution in [2.45, 2.75) is 13.0 Å². The molecule has 1 amide bonds. The van der Waals surface area contributed by atoms with Crippen LogP contribution in [0.2, 0.25) is 5.02 Å². The Balaban J connectivity index is 1.57. The number of ether oxygens (including phenoxy) is 1. The molecular formula is C24H14ClF2NO5. The van der Waals surface area contributed by atoms with E-state index in [0.717, 1.165) is 18.2 Å². The summed E-state index contributed by atoms with van der Waals surface area (Å²) >= 11 is 6.31. The Morgan fingerprint density at radius 1 is 0.939 bits per heavy atom. The maximum Gasteiger partial charge on any atom is 0.340 e. The summed E-state index contributed by atoms with van der Waals surface area (Å²) in [5.74, 6) is -4.52. The molecule has 0 saturated carbocycles. The molecule has 3 aromatic carbocycles. The Morgan fingerprint density at radius 3 is 2.30 bits per heavy atom. The van der Waals surface area contributed by atoms with Gasteiger partial charge in [-0.15, -0.1) is 0 Å². The summed E-state index contributed by atoms with van der Waals surface area (Å²) < 4.78 is 32.1. The number of carbonyl (C=O) groups excluding carboxylic acids is 4. The highest BCUT2D eigenvalue weighted by atomic mass is 35.5. The molecule has 4 rings (SSSR count). The van der Waals surface area contributed by atoms with Gasteiger partial charge in [-0.2, -0.15) is 0 Å². The first-order chi connectivity index (χ1) is 15.7. The molecule has 1 atom stereocenters. The highest BCUT2D eigenvalue weighted by molar-refractivity contribution is 6.41. The van der Waals surface area contributed by atoms with Crippen LogP contribution in [0, 0.1) is 11.6 Å². The van der Waals surface area contributed by atoms with Gasteiger partial charge in [0.2, 0.25) is 0 Å². The van der Waals surface area contributed by atoms with Crippen molar-refractivity contribution in [1.82, 2.24) is 0 Å². The van der Waals surface area contributed by atoms with Crippen LogP contribution in [0.4, 0.5) is 14.5 Å². The van der Waals surface area contributed by atoms with E-state index in [9.17, 15) is 28.0 Å². The summed E-state index contributed by atoms with van der Waals surface area (Å²) in [6.45, 7) is 1.22. The van der Waals surface area contributed by atoms with E-state index in [0.29, 0.717) is 0 Å². The van der Waals surface area contributed by atoms with E-state index in [1.807, 2.05) is 0 Å². The molecule has 33 heavy (non-hydrogen) atoms. The molecule has 0 spiro atoms. The lowest BCUT2D eigenvalue weighted by Crippen LogP contribution is -2.30. The van der Waals surface area contributed by atoms with Crippen LogP contribution in [0.25, 0.3) is 0 Å². The zero-order valence-corrected chi connectivity index (χ0v) is 17.7. The monoisotopic (exact) mass is 469 g/mol. The van der Waals surface area contributed by atoms with Crippen LogP contribution < -0.4 is 5.32 Å². The number of nitrogens with one attached hydrogen (secondary N) is 1. The third-order valence-corrected chi connectivity index (χ3v) is 5.48. The van der Waals surface area contributed by atoms with Crippen molar-refractivity contribution in [1.29, 1.82) is 0 Å². The number of amides is 1. The second-order valence-electron chi connectivity index (χ2n) is 7.21. The molecule has 166 valence electrons. The van der Waals surface area contributed by atoms with Crippen molar-refractivity contribution in [3.05, 3.63) is 99.1 Å². The van der Waals surface area contributed by atoms with Crippen molar-refractivity contribution in [2.75, 3.05) is 5.32 Å². The van der Waals surface area contributed by atoms with Gasteiger partial charge in [0.05, 0.1) is 21.8 Å². The van der Waals surface area contributed by atoms with Gasteiger partial charge in [-0.3, -0.25) is 14.4 Å². The van der Waals surface area contributed by atoms with Gasteiger partial charge in [0.25, 0.3) is 5.91 Å². The van der Waals surface area contributed by atoms with Crippen LogP contribution in [-0.2, 0) is 9.53 Å². The Hall–Kier alpha value is -3.91. The first kappa shape index (κ1) is 22.3. The fourth-order valence-electron chi connectivity index (χ4n) is 3.41. The lowest BCUT2D eigenvalue weighted by molar-refractivity contribution is -0.123. The fraction of sp³-hybridized carbons (Fsp3) is 0.0833. The largest absolute Gasteiger partial charge is 0.449 e. The highest BCUT2D eigenvalue weighted by Gasteiger charge is 2.33. The Morgan fingerprint density at radius 2 is 1.61 bits per heavy atom. The Labute approximate surface area is 191 Å². The van der Waals surface area contributed by atoms with E-state index in [-0.39, 0.29) is 32.8 Å². The first-order valence-electron chi connectivity index (χ1n) is 9.67. The number of esters is 1. The lowest BCUT2D eigenvalue weighted by Gasteiger charge is -2.20. The van der Waals surface area contributed by atoms with Gasteiger partial charge in [0.1, 0.15) is 11.6 Å². The zero-order chi connectivity index (χ0) is 23.9. The molecule has 1 aliphatic carbocycles.